The maximum Gasteiger partial charge on any atom is 0.295 e. The van der Waals surface area contributed by atoms with Gasteiger partial charge in [-0.05, 0) is 35.7 Å². The molecule has 1 fully saturated rings. The summed E-state index contributed by atoms with van der Waals surface area (Å²) in [5, 5.41) is 21.9. The van der Waals surface area contributed by atoms with E-state index in [2.05, 4.69) is 0 Å². The SMILES string of the molecule is COCCN1C(=O)C(=O)/C(=C(\O)c2ccc([N+](=O)[O-])cc2)C1c1ccc(OCC(C)C)cc1. The number of carbonyl (C=O) groups excluding carboxylic acids is 2. The van der Waals surface area contributed by atoms with Crippen molar-refractivity contribution in [2.75, 3.05) is 26.9 Å². The lowest BCUT2D eigenvalue weighted by atomic mass is 9.95. The molecule has 0 spiro atoms. The van der Waals surface area contributed by atoms with Crippen molar-refractivity contribution < 1.29 is 29.1 Å². The third-order valence-corrected chi connectivity index (χ3v) is 5.21. The van der Waals surface area contributed by atoms with Gasteiger partial charge in [-0.2, -0.15) is 0 Å². The second-order valence-electron chi connectivity index (χ2n) is 8.06. The number of nitro groups is 1. The summed E-state index contributed by atoms with van der Waals surface area (Å²) in [6, 6.07) is 11.3. The predicted octanol–water partition coefficient (Wildman–Crippen LogP) is 3.70. The Morgan fingerprint density at radius 2 is 1.76 bits per heavy atom. The summed E-state index contributed by atoms with van der Waals surface area (Å²) in [7, 11) is 1.49. The smallest absolute Gasteiger partial charge is 0.295 e. The molecule has 1 unspecified atom stereocenters. The van der Waals surface area contributed by atoms with Crippen LogP contribution in [0.4, 0.5) is 5.69 Å². The Labute approximate surface area is 191 Å². The maximum absolute atomic E-state index is 12.9. The summed E-state index contributed by atoms with van der Waals surface area (Å²) in [4.78, 5) is 37.4. The normalized spacial score (nSPS) is 17.6. The first-order valence-electron chi connectivity index (χ1n) is 10.5. The molecule has 33 heavy (non-hydrogen) atoms. The van der Waals surface area contributed by atoms with Crippen LogP contribution in [0.15, 0.2) is 54.1 Å². The first-order valence-corrected chi connectivity index (χ1v) is 10.5. The number of methoxy groups -OCH3 is 1. The Balaban J connectivity index is 2.04. The molecule has 0 saturated carbocycles. The van der Waals surface area contributed by atoms with Crippen LogP contribution in [-0.2, 0) is 14.3 Å². The van der Waals surface area contributed by atoms with Gasteiger partial charge in [0.1, 0.15) is 11.5 Å². The third-order valence-electron chi connectivity index (χ3n) is 5.21. The average Bonchev–Trinajstić information content (AvgIpc) is 3.06. The van der Waals surface area contributed by atoms with Crippen LogP contribution in [-0.4, -0.2) is 53.5 Å². The number of amides is 1. The summed E-state index contributed by atoms with van der Waals surface area (Å²) in [6.45, 7) is 4.97. The fourth-order valence-electron chi connectivity index (χ4n) is 3.55. The van der Waals surface area contributed by atoms with Gasteiger partial charge in [0.2, 0.25) is 0 Å². The predicted molar refractivity (Wildman–Crippen MR) is 121 cm³/mol. The van der Waals surface area contributed by atoms with E-state index in [1.54, 1.807) is 24.3 Å². The van der Waals surface area contributed by atoms with E-state index in [0.29, 0.717) is 23.8 Å². The second kappa shape index (κ2) is 10.3. The first-order chi connectivity index (χ1) is 15.7. The minimum atomic E-state index is -0.838. The van der Waals surface area contributed by atoms with Gasteiger partial charge in [-0.25, -0.2) is 0 Å². The van der Waals surface area contributed by atoms with E-state index in [0.717, 1.165) is 0 Å². The molecule has 1 heterocycles. The molecule has 0 radical (unpaired) electrons. The van der Waals surface area contributed by atoms with E-state index >= 15 is 0 Å². The summed E-state index contributed by atoms with van der Waals surface area (Å²) in [5.41, 5.74) is 0.583. The summed E-state index contributed by atoms with van der Waals surface area (Å²) >= 11 is 0. The van der Waals surface area contributed by atoms with Gasteiger partial charge < -0.3 is 19.5 Å². The molecule has 9 heteroatoms. The van der Waals surface area contributed by atoms with Crippen molar-refractivity contribution in [2.45, 2.75) is 19.9 Å². The van der Waals surface area contributed by atoms with Gasteiger partial charge in [0.05, 0.1) is 29.8 Å². The Bertz CT molecular complexity index is 1060. The number of ether oxygens (including phenoxy) is 2. The van der Waals surface area contributed by atoms with Crippen LogP contribution < -0.4 is 4.74 Å². The second-order valence-corrected chi connectivity index (χ2v) is 8.06. The topological polar surface area (TPSA) is 119 Å². The third kappa shape index (κ3) is 5.20. The Hall–Kier alpha value is -3.72. The lowest BCUT2D eigenvalue weighted by molar-refractivity contribution is -0.384. The lowest BCUT2D eigenvalue weighted by Crippen LogP contribution is -2.32. The molecule has 1 aliphatic rings. The van der Waals surface area contributed by atoms with E-state index in [4.69, 9.17) is 9.47 Å². The Morgan fingerprint density at radius 3 is 2.30 bits per heavy atom. The average molecular weight is 454 g/mol. The lowest BCUT2D eigenvalue weighted by Gasteiger charge is -2.25. The number of nitrogens with zero attached hydrogens (tertiary/aromatic N) is 2. The molecule has 1 saturated heterocycles. The zero-order valence-corrected chi connectivity index (χ0v) is 18.7. The van der Waals surface area contributed by atoms with Crippen molar-refractivity contribution in [3.8, 4) is 5.75 Å². The number of nitro benzene ring substituents is 1. The van der Waals surface area contributed by atoms with Crippen molar-refractivity contribution in [1.82, 2.24) is 4.90 Å². The summed E-state index contributed by atoms with van der Waals surface area (Å²) < 4.78 is 10.8. The quantitative estimate of drug-likeness (QED) is 0.202. The standard InChI is InChI=1S/C24H26N2O7/c1-15(2)14-33-19-10-6-16(7-11-19)21-20(23(28)24(29)25(21)12-13-32-3)22(27)17-4-8-18(9-5-17)26(30)31/h4-11,15,21,27H,12-14H2,1-3H3/b22-20-. The molecule has 2 aromatic rings. The minimum Gasteiger partial charge on any atom is -0.507 e. The van der Waals surface area contributed by atoms with Crippen LogP contribution in [0.25, 0.3) is 5.76 Å². The first kappa shape index (κ1) is 23.9. The van der Waals surface area contributed by atoms with Crippen LogP contribution >= 0.6 is 0 Å². The van der Waals surface area contributed by atoms with Gasteiger partial charge in [0.15, 0.2) is 0 Å². The molecule has 174 valence electrons. The molecule has 1 aliphatic heterocycles. The zero-order chi connectivity index (χ0) is 24.1. The fourth-order valence-corrected chi connectivity index (χ4v) is 3.55. The number of hydrogen-bond donors (Lipinski definition) is 1. The molecule has 0 aliphatic carbocycles. The number of rotatable bonds is 9. The van der Waals surface area contributed by atoms with E-state index in [9.17, 15) is 24.8 Å². The molecule has 0 bridgehead atoms. The fraction of sp³-hybridized carbons (Fsp3) is 0.333. The van der Waals surface area contributed by atoms with Gasteiger partial charge in [-0.1, -0.05) is 26.0 Å². The molecule has 1 amide bonds. The van der Waals surface area contributed by atoms with Gasteiger partial charge in [0, 0.05) is 31.4 Å². The van der Waals surface area contributed by atoms with Gasteiger partial charge >= 0.3 is 0 Å². The summed E-state index contributed by atoms with van der Waals surface area (Å²) in [6.07, 6.45) is 0. The molecular weight excluding hydrogens is 428 g/mol. The van der Waals surface area contributed by atoms with Crippen LogP contribution in [0.3, 0.4) is 0 Å². The van der Waals surface area contributed by atoms with Crippen LogP contribution in [0.1, 0.15) is 31.0 Å². The largest absolute Gasteiger partial charge is 0.507 e. The molecule has 2 aromatic carbocycles. The van der Waals surface area contributed by atoms with E-state index in [1.807, 2.05) is 13.8 Å². The number of non-ortho nitro benzene ring substituents is 1. The number of hydrogen-bond acceptors (Lipinski definition) is 7. The van der Waals surface area contributed by atoms with Crippen molar-refractivity contribution in [2.24, 2.45) is 5.92 Å². The number of likely N-dealkylation sites (tertiary alicyclic amines) is 1. The summed E-state index contributed by atoms with van der Waals surface area (Å²) in [5.74, 6) is -0.967. The number of benzene rings is 2. The van der Waals surface area contributed by atoms with Crippen LogP contribution in [0.2, 0.25) is 0 Å². The van der Waals surface area contributed by atoms with Crippen molar-refractivity contribution in [3.05, 3.63) is 75.3 Å². The molecule has 9 nitrogen and oxygen atoms in total. The molecular formula is C24H26N2O7. The van der Waals surface area contributed by atoms with E-state index < -0.39 is 28.4 Å². The maximum atomic E-state index is 12.9. The highest BCUT2D eigenvalue weighted by Gasteiger charge is 2.45. The highest BCUT2D eigenvalue weighted by molar-refractivity contribution is 6.46. The highest BCUT2D eigenvalue weighted by atomic mass is 16.6. The molecule has 1 atom stereocenters. The monoisotopic (exact) mass is 454 g/mol. The zero-order valence-electron chi connectivity index (χ0n) is 18.7. The van der Waals surface area contributed by atoms with Crippen molar-refractivity contribution in [3.63, 3.8) is 0 Å². The highest BCUT2D eigenvalue weighted by Crippen LogP contribution is 2.39. The van der Waals surface area contributed by atoms with Gasteiger partial charge in [-0.3, -0.25) is 19.7 Å². The van der Waals surface area contributed by atoms with Crippen LogP contribution in [0.5, 0.6) is 5.75 Å². The van der Waals surface area contributed by atoms with Crippen molar-refractivity contribution >= 4 is 23.1 Å². The van der Waals surface area contributed by atoms with Crippen LogP contribution in [0, 0.1) is 16.0 Å². The number of aliphatic hydroxyl groups excluding tert-OH is 1. The van der Waals surface area contributed by atoms with E-state index in [1.165, 1.54) is 36.3 Å². The Kier molecular flexibility index (Phi) is 7.44. The van der Waals surface area contributed by atoms with Gasteiger partial charge in [-0.15, -0.1) is 0 Å². The van der Waals surface area contributed by atoms with Gasteiger partial charge in [0.25, 0.3) is 17.4 Å². The van der Waals surface area contributed by atoms with E-state index in [-0.39, 0.29) is 30.0 Å². The molecule has 3 rings (SSSR count). The number of carbonyl (C=O) groups is 2. The number of aliphatic hydroxyl groups is 1. The number of Topliss-reactive ketones (excluding diaryl/α,β-unsaturated/α-hetero) is 1. The Morgan fingerprint density at radius 1 is 1.12 bits per heavy atom. The molecule has 0 aromatic heterocycles. The van der Waals surface area contributed by atoms with Crippen molar-refractivity contribution in [1.29, 1.82) is 0 Å². The number of ketones is 1. The molecule has 1 N–H and O–H groups in total. The minimum absolute atomic E-state index is 0.0826.